The number of rotatable bonds is 6. The second-order valence-electron chi connectivity index (χ2n) is 4.79. The summed E-state index contributed by atoms with van der Waals surface area (Å²) in [4.78, 5) is 22.9. The molecule has 2 aromatic carbocycles. The predicted molar refractivity (Wildman–Crippen MR) is 83.2 cm³/mol. The summed E-state index contributed by atoms with van der Waals surface area (Å²) in [5.41, 5.74) is 2.07. The van der Waals surface area contributed by atoms with E-state index in [-0.39, 0.29) is 11.8 Å². The van der Waals surface area contributed by atoms with Crippen LogP contribution in [0.1, 0.15) is 40.1 Å². The molecular formula is C18H18O4. The van der Waals surface area contributed by atoms with Crippen LogP contribution in [-0.4, -0.2) is 18.4 Å². The molecule has 0 fully saturated rings. The highest BCUT2D eigenvalue weighted by Gasteiger charge is 2.06. The molecule has 0 heterocycles. The zero-order chi connectivity index (χ0) is 15.9. The van der Waals surface area contributed by atoms with Crippen molar-refractivity contribution in [3.63, 3.8) is 0 Å². The highest BCUT2D eigenvalue weighted by atomic mass is 16.5. The van der Waals surface area contributed by atoms with Gasteiger partial charge in [-0.05, 0) is 43.7 Å². The highest BCUT2D eigenvalue weighted by molar-refractivity contribution is 5.94. The highest BCUT2D eigenvalue weighted by Crippen LogP contribution is 2.16. The third-order valence-electron chi connectivity index (χ3n) is 3.11. The van der Waals surface area contributed by atoms with E-state index in [0.29, 0.717) is 30.1 Å². The van der Waals surface area contributed by atoms with Crippen molar-refractivity contribution in [2.45, 2.75) is 20.5 Å². The number of carbonyl (C=O) groups is 2. The number of esters is 1. The molecule has 0 bridgehead atoms. The van der Waals surface area contributed by atoms with Gasteiger partial charge in [-0.3, -0.25) is 4.79 Å². The van der Waals surface area contributed by atoms with E-state index in [1.54, 1.807) is 43.3 Å². The topological polar surface area (TPSA) is 52.6 Å². The van der Waals surface area contributed by atoms with Gasteiger partial charge in [0.05, 0.1) is 12.2 Å². The van der Waals surface area contributed by atoms with Gasteiger partial charge in [-0.25, -0.2) is 4.79 Å². The summed E-state index contributed by atoms with van der Waals surface area (Å²) in [6, 6.07) is 14.1. The van der Waals surface area contributed by atoms with E-state index in [4.69, 9.17) is 9.47 Å². The summed E-state index contributed by atoms with van der Waals surface area (Å²) in [7, 11) is 0. The molecule has 0 N–H and O–H groups in total. The fraction of sp³-hybridized carbons (Fsp3) is 0.222. The molecule has 114 valence electrons. The fourth-order valence-corrected chi connectivity index (χ4v) is 1.92. The van der Waals surface area contributed by atoms with E-state index in [1.807, 2.05) is 12.1 Å². The van der Waals surface area contributed by atoms with Crippen molar-refractivity contribution in [1.82, 2.24) is 0 Å². The van der Waals surface area contributed by atoms with Gasteiger partial charge in [-0.1, -0.05) is 24.3 Å². The molecule has 0 spiro atoms. The smallest absolute Gasteiger partial charge is 0.338 e. The molecule has 0 aromatic heterocycles. The van der Waals surface area contributed by atoms with Gasteiger partial charge < -0.3 is 9.47 Å². The van der Waals surface area contributed by atoms with Crippen molar-refractivity contribution >= 4 is 11.8 Å². The zero-order valence-corrected chi connectivity index (χ0v) is 12.7. The van der Waals surface area contributed by atoms with Crippen LogP contribution in [0.25, 0.3) is 0 Å². The standard InChI is InChI=1S/C18H18O4/c1-3-21-18(20)15-9-7-14(8-10-15)12-22-17-6-4-5-16(11-17)13(2)19/h4-11H,3,12H2,1-2H3. The van der Waals surface area contributed by atoms with Gasteiger partial charge in [0, 0.05) is 5.56 Å². The van der Waals surface area contributed by atoms with Crippen LogP contribution in [0.5, 0.6) is 5.75 Å². The normalized spacial score (nSPS) is 10.1. The van der Waals surface area contributed by atoms with Gasteiger partial charge in [0.25, 0.3) is 0 Å². The molecule has 2 aromatic rings. The first-order chi connectivity index (χ1) is 10.6. The van der Waals surface area contributed by atoms with E-state index in [0.717, 1.165) is 5.56 Å². The van der Waals surface area contributed by atoms with Crippen LogP contribution < -0.4 is 4.74 Å². The van der Waals surface area contributed by atoms with Gasteiger partial charge in [0.15, 0.2) is 5.78 Å². The van der Waals surface area contributed by atoms with Crippen molar-refractivity contribution in [2.24, 2.45) is 0 Å². The number of hydrogen-bond acceptors (Lipinski definition) is 4. The third kappa shape index (κ3) is 4.19. The average molecular weight is 298 g/mol. The molecule has 2 rings (SSSR count). The second kappa shape index (κ2) is 7.41. The summed E-state index contributed by atoms with van der Waals surface area (Å²) in [6.45, 7) is 4.02. The van der Waals surface area contributed by atoms with Gasteiger partial charge in [-0.2, -0.15) is 0 Å². The van der Waals surface area contributed by atoms with Gasteiger partial charge in [0.1, 0.15) is 12.4 Å². The van der Waals surface area contributed by atoms with Crippen LogP contribution in [-0.2, 0) is 11.3 Å². The lowest BCUT2D eigenvalue weighted by atomic mass is 10.1. The van der Waals surface area contributed by atoms with Crippen molar-refractivity contribution in [2.75, 3.05) is 6.61 Å². The van der Waals surface area contributed by atoms with Gasteiger partial charge in [0.2, 0.25) is 0 Å². The van der Waals surface area contributed by atoms with Crippen molar-refractivity contribution < 1.29 is 19.1 Å². The Labute approximate surface area is 129 Å². The molecular weight excluding hydrogens is 280 g/mol. The Kier molecular flexibility index (Phi) is 5.31. The molecule has 0 aliphatic heterocycles. The molecule has 0 unspecified atom stereocenters. The summed E-state index contributed by atoms with van der Waals surface area (Å²) in [6.07, 6.45) is 0. The Morgan fingerprint density at radius 2 is 1.73 bits per heavy atom. The lowest BCUT2D eigenvalue weighted by molar-refractivity contribution is 0.0526. The largest absolute Gasteiger partial charge is 0.489 e. The number of hydrogen-bond donors (Lipinski definition) is 0. The molecule has 0 aliphatic rings. The number of ether oxygens (including phenoxy) is 2. The van der Waals surface area contributed by atoms with Crippen molar-refractivity contribution in [1.29, 1.82) is 0 Å². The van der Waals surface area contributed by atoms with Crippen LogP contribution in [0, 0.1) is 0 Å². The molecule has 4 heteroatoms. The lowest BCUT2D eigenvalue weighted by Crippen LogP contribution is -2.05. The van der Waals surface area contributed by atoms with Crippen LogP contribution in [0.4, 0.5) is 0 Å². The molecule has 0 amide bonds. The Balaban J connectivity index is 1.98. The summed E-state index contributed by atoms with van der Waals surface area (Å²) >= 11 is 0. The molecule has 0 saturated heterocycles. The average Bonchev–Trinajstić information content (AvgIpc) is 2.54. The summed E-state index contributed by atoms with van der Waals surface area (Å²) in [5, 5.41) is 0. The number of ketones is 1. The van der Waals surface area contributed by atoms with Crippen LogP contribution in [0.15, 0.2) is 48.5 Å². The third-order valence-corrected chi connectivity index (χ3v) is 3.11. The minimum absolute atomic E-state index is 0.00393. The fourth-order valence-electron chi connectivity index (χ4n) is 1.92. The Hall–Kier alpha value is -2.62. The van der Waals surface area contributed by atoms with Gasteiger partial charge >= 0.3 is 5.97 Å². The molecule has 4 nitrogen and oxygen atoms in total. The van der Waals surface area contributed by atoms with Crippen LogP contribution in [0.3, 0.4) is 0 Å². The predicted octanol–water partition coefficient (Wildman–Crippen LogP) is 3.64. The second-order valence-corrected chi connectivity index (χ2v) is 4.79. The minimum atomic E-state index is -0.330. The Bertz CT molecular complexity index is 659. The first-order valence-electron chi connectivity index (χ1n) is 7.10. The number of carbonyl (C=O) groups excluding carboxylic acids is 2. The first-order valence-corrected chi connectivity index (χ1v) is 7.10. The zero-order valence-electron chi connectivity index (χ0n) is 12.7. The molecule has 0 atom stereocenters. The maximum atomic E-state index is 11.6. The van der Waals surface area contributed by atoms with Crippen molar-refractivity contribution in [3.05, 3.63) is 65.2 Å². The van der Waals surface area contributed by atoms with E-state index < -0.39 is 0 Å². The maximum absolute atomic E-state index is 11.6. The van der Waals surface area contributed by atoms with E-state index in [9.17, 15) is 9.59 Å². The SMILES string of the molecule is CCOC(=O)c1ccc(COc2cccc(C(C)=O)c2)cc1. The molecule has 0 aliphatic carbocycles. The van der Waals surface area contributed by atoms with Crippen LogP contribution in [0.2, 0.25) is 0 Å². The van der Waals surface area contributed by atoms with Crippen LogP contribution >= 0.6 is 0 Å². The summed E-state index contributed by atoms with van der Waals surface area (Å²) in [5.74, 6) is 0.315. The van der Waals surface area contributed by atoms with Crippen molar-refractivity contribution in [3.8, 4) is 5.75 Å². The molecule has 22 heavy (non-hydrogen) atoms. The Morgan fingerprint density at radius 1 is 1.00 bits per heavy atom. The minimum Gasteiger partial charge on any atom is -0.489 e. The van der Waals surface area contributed by atoms with Gasteiger partial charge in [-0.15, -0.1) is 0 Å². The summed E-state index contributed by atoms with van der Waals surface area (Å²) < 4.78 is 10.6. The number of benzene rings is 2. The lowest BCUT2D eigenvalue weighted by Gasteiger charge is -2.08. The quantitative estimate of drug-likeness (QED) is 0.603. The van der Waals surface area contributed by atoms with E-state index >= 15 is 0 Å². The number of Topliss-reactive ketones (excluding diaryl/α,β-unsaturated/α-hetero) is 1. The monoisotopic (exact) mass is 298 g/mol. The van der Waals surface area contributed by atoms with E-state index in [2.05, 4.69) is 0 Å². The first kappa shape index (κ1) is 15.8. The molecule has 0 saturated carbocycles. The Morgan fingerprint density at radius 3 is 2.36 bits per heavy atom. The molecule has 0 radical (unpaired) electrons. The maximum Gasteiger partial charge on any atom is 0.338 e. The van der Waals surface area contributed by atoms with E-state index in [1.165, 1.54) is 6.92 Å².